The summed E-state index contributed by atoms with van der Waals surface area (Å²) in [6.45, 7) is 5.72. The predicted molar refractivity (Wildman–Crippen MR) is 76.5 cm³/mol. The summed E-state index contributed by atoms with van der Waals surface area (Å²) in [5, 5.41) is 0.663. The summed E-state index contributed by atoms with van der Waals surface area (Å²) in [4.78, 5) is 14.2. The Kier molecular flexibility index (Phi) is 4.70. The first kappa shape index (κ1) is 14.2. The molecule has 0 N–H and O–H groups in total. The molecule has 19 heavy (non-hydrogen) atoms. The van der Waals surface area contributed by atoms with Crippen LogP contribution < -0.4 is 4.74 Å². The molecule has 1 atom stereocenters. The third-order valence-electron chi connectivity index (χ3n) is 3.57. The van der Waals surface area contributed by atoms with Crippen molar-refractivity contribution in [2.75, 3.05) is 13.1 Å². The van der Waals surface area contributed by atoms with Gasteiger partial charge in [0.25, 0.3) is 5.91 Å². The smallest absolute Gasteiger partial charge is 0.263 e. The number of hydrogen-bond donors (Lipinski definition) is 0. The van der Waals surface area contributed by atoms with Gasteiger partial charge in [-0.3, -0.25) is 4.79 Å². The van der Waals surface area contributed by atoms with Crippen LogP contribution in [0.15, 0.2) is 24.3 Å². The molecule has 2 rings (SSSR count). The van der Waals surface area contributed by atoms with Gasteiger partial charge in [-0.1, -0.05) is 18.5 Å². The SMILES string of the molecule is CC1CCN(C(=O)C(C)Oc2ccc(Cl)cc2)CC1. The largest absolute Gasteiger partial charge is 0.481 e. The first-order valence-electron chi connectivity index (χ1n) is 6.77. The Morgan fingerprint density at radius 3 is 2.47 bits per heavy atom. The van der Waals surface area contributed by atoms with E-state index in [4.69, 9.17) is 16.3 Å². The Balaban J connectivity index is 1.90. The van der Waals surface area contributed by atoms with Crippen LogP contribution in [0.3, 0.4) is 0 Å². The molecule has 3 nitrogen and oxygen atoms in total. The maximum absolute atomic E-state index is 12.3. The fourth-order valence-electron chi connectivity index (χ4n) is 2.25. The zero-order chi connectivity index (χ0) is 13.8. The highest BCUT2D eigenvalue weighted by Crippen LogP contribution is 2.20. The third-order valence-corrected chi connectivity index (χ3v) is 3.82. The lowest BCUT2D eigenvalue weighted by molar-refractivity contribution is -0.139. The van der Waals surface area contributed by atoms with E-state index >= 15 is 0 Å². The Labute approximate surface area is 119 Å². The van der Waals surface area contributed by atoms with Crippen LogP contribution in [0.5, 0.6) is 5.75 Å². The van der Waals surface area contributed by atoms with Gasteiger partial charge in [0.05, 0.1) is 0 Å². The molecule has 1 amide bonds. The molecule has 1 aromatic rings. The van der Waals surface area contributed by atoms with E-state index in [0.717, 1.165) is 31.8 Å². The highest BCUT2D eigenvalue weighted by molar-refractivity contribution is 6.30. The summed E-state index contributed by atoms with van der Waals surface area (Å²) in [6.07, 6.45) is 1.72. The van der Waals surface area contributed by atoms with Crippen molar-refractivity contribution in [1.29, 1.82) is 0 Å². The standard InChI is InChI=1S/C15H20ClNO2/c1-11-7-9-17(10-8-11)15(18)12(2)19-14-5-3-13(16)4-6-14/h3-6,11-12H,7-10H2,1-2H3. The summed E-state index contributed by atoms with van der Waals surface area (Å²) < 4.78 is 5.66. The van der Waals surface area contributed by atoms with Crippen LogP contribution in [0, 0.1) is 5.92 Å². The molecule has 1 heterocycles. The van der Waals surface area contributed by atoms with Crippen LogP contribution in [0.25, 0.3) is 0 Å². The second-order valence-electron chi connectivity index (χ2n) is 5.22. The molecule has 0 radical (unpaired) electrons. The van der Waals surface area contributed by atoms with Gasteiger partial charge < -0.3 is 9.64 Å². The van der Waals surface area contributed by atoms with Crippen molar-refractivity contribution >= 4 is 17.5 Å². The summed E-state index contributed by atoms with van der Waals surface area (Å²) >= 11 is 5.82. The molecular formula is C15H20ClNO2. The van der Waals surface area contributed by atoms with E-state index in [0.29, 0.717) is 10.8 Å². The maximum Gasteiger partial charge on any atom is 0.263 e. The van der Waals surface area contributed by atoms with E-state index < -0.39 is 6.10 Å². The fourth-order valence-corrected chi connectivity index (χ4v) is 2.38. The normalized spacial score (nSPS) is 18.2. The third kappa shape index (κ3) is 3.87. The molecule has 1 saturated heterocycles. The second kappa shape index (κ2) is 6.29. The molecule has 0 saturated carbocycles. The summed E-state index contributed by atoms with van der Waals surface area (Å²) in [5.41, 5.74) is 0. The first-order valence-corrected chi connectivity index (χ1v) is 7.15. The van der Waals surface area contributed by atoms with Crippen molar-refractivity contribution in [2.45, 2.75) is 32.8 Å². The van der Waals surface area contributed by atoms with Crippen LogP contribution in [0.2, 0.25) is 5.02 Å². The Bertz CT molecular complexity index is 424. The molecule has 104 valence electrons. The predicted octanol–water partition coefficient (Wildman–Crippen LogP) is 3.37. The van der Waals surface area contributed by atoms with Gasteiger partial charge in [-0.2, -0.15) is 0 Å². The number of piperidine rings is 1. The molecule has 1 aromatic carbocycles. The van der Waals surface area contributed by atoms with E-state index in [-0.39, 0.29) is 5.91 Å². The molecule has 1 fully saturated rings. The lowest BCUT2D eigenvalue weighted by Gasteiger charge is -2.32. The van der Waals surface area contributed by atoms with Crippen LogP contribution in [0.1, 0.15) is 26.7 Å². The van der Waals surface area contributed by atoms with Crippen LogP contribution in [-0.2, 0) is 4.79 Å². The van der Waals surface area contributed by atoms with E-state index in [2.05, 4.69) is 6.92 Å². The topological polar surface area (TPSA) is 29.5 Å². The van der Waals surface area contributed by atoms with Gasteiger partial charge in [0.1, 0.15) is 5.75 Å². The molecular weight excluding hydrogens is 262 g/mol. The Morgan fingerprint density at radius 2 is 1.89 bits per heavy atom. The maximum atomic E-state index is 12.3. The summed E-state index contributed by atoms with van der Waals surface area (Å²) in [6, 6.07) is 7.09. The lowest BCUT2D eigenvalue weighted by Crippen LogP contribution is -2.44. The zero-order valence-electron chi connectivity index (χ0n) is 11.4. The van der Waals surface area contributed by atoms with Gasteiger partial charge >= 0.3 is 0 Å². The second-order valence-corrected chi connectivity index (χ2v) is 5.66. The van der Waals surface area contributed by atoms with Crippen molar-refractivity contribution < 1.29 is 9.53 Å². The van der Waals surface area contributed by atoms with E-state index in [1.165, 1.54) is 0 Å². The molecule has 0 spiro atoms. The average molecular weight is 282 g/mol. The van der Waals surface area contributed by atoms with Crippen molar-refractivity contribution in [3.63, 3.8) is 0 Å². The van der Waals surface area contributed by atoms with E-state index in [1.807, 2.05) is 4.90 Å². The first-order chi connectivity index (χ1) is 9.06. The fraction of sp³-hybridized carbons (Fsp3) is 0.533. The Morgan fingerprint density at radius 1 is 1.32 bits per heavy atom. The van der Waals surface area contributed by atoms with Gasteiger partial charge in [0, 0.05) is 18.1 Å². The zero-order valence-corrected chi connectivity index (χ0v) is 12.2. The van der Waals surface area contributed by atoms with Crippen molar-refractivity contribution in [3.8, 4) is 5.75 Å². The van der Waals surface area contributed by atoms with Gasteiger partial charge in [0.15, 0.2) is 6.10 Å². The van der Waals surface area contributed by atoms with Gasteiger partial charge in [0.2, 0.25) is 0 Å². The highest BCUT2D eigenvalue weighted by Gasteiger charge is 2.25. The van der Waals surface area contributed by atoms with Crippen LogP contribution in [0.4, 0.5) is 0 Å². The number of ether oxygens (including phenoxy) is 1. The summed E-state index contributed by atoms with van der Waals surface area (Å²) in [7, 11) is 0. The molecule has 0 aliphatic carbocycles. The number of nitrogens with zero attached hydrogens (tertiary/aromatic N) is 1. The molecule has 1 unspecified atom stereocenters. The number of rotatable bonds is 3. The average Bonchev–Trinajstić information content (AvgIpc) is 2.41. The molecule has 0 bridgehead atoms. The lowest BCUT2D eigenvalue weighted by atomic mass is 9.99. The quantitative estimate of drug-likeness (QED) is 0.850. The van der Waals surface area contributed by atoms with Crippen molar-refractivity contribution in [3.05, 3.63) is 29.3 Å². The van der Waals surface area contributed by atoms with Gasteiger partial charge in [-0.15, -0.1) is 0 Å². The van der Waals surface area contributed by atoms with Crippen molar-refractivity contribution in [2.24, 2.45) is 5.92 Å². The van der Waals surface area contributed by atoms with Crippen LogP contribution in [-0.4, -0.2) is 30.0 Å². The minimum atomic E-state index is -0.449. The van der Waals surface area contributed by atoms with E-state index in [1.54, 1.807) is 31.2 Å². The van der Waals surface area contributed by atoms with Crippen molar-refractivity contribution in [1.82, 2.24) is 4.90 Å². The minimum absolute atomic E-state index is 0.0712. The number of carbonyl (C=O) groups is 1. The number of hydrogen-bond acceptors (Lipinski definition) is 2. The summed E-state index contributed by atoms with van der Waals surface area (Å²) in [5.74, 6) is 1.47. The van der Waals surface area contributed by atoms with Crippen LogP contribution >= 0.6 is 11.6 Å². The van der Waals surface area contributed by atoms with E-state index in [9.17, 15) is 4.79 Å². The van der Waals surface area contributed by atoms with Gasteiger partial charge in [-0.05, 0) is 49.9 Å². The highest BCUT2D eigenvalue weighted by atomic mass is 35.5. The number of likely N-dealkylation sites (tertiary alicyclic amines) is 1. The molecule has 0 aromatic heterocycles. The number of benzene rings is 1. The molecule has 1 aliphatic rings. The minimum Gasteiger partial charge on any atom is -0.481 e. The van der Waals surface area contributed by atoms with Gasteiger partial charge in [-0.25, -0.2) is 0 Å². The molecule has 1 aliphatic heterocycles. The Hall–Kier alpha value is -1.22. The number of carbonyl (C=O) groups excluding carboxylic acids is 1. The number of halogens is 1. The monoisotopic (exact) mass is 281 g/mol. The molecule has 4 heteroatoms. The number of amides is 1.